The number of hydrogen-bond donors (Lipinski definition) is 0. The van der Waals surface area contributed by atoms with Crippen molar-refractivity contribution in [2.24, 2.45) is 0 Å². The molecule has 0 aliphatic rings. The van der Waals surface area contributed by atoms with Crippen molar-refractivity contribution in [2.75, 3.05) is 7.11 Å². The molecule has 0 fully saturated rings. The van der Waals surface area contributed by atoms with Crippen molar-refractivity contribution in [2.45, 2.75) is 0 Å². The minimum absolute atomic E-state index is 0.142. The van der Waals surface area contributed by atoms with Crippen molar-refractivity contribution in [1.82, 2.24) is 8.80 Å². The minimum atomic E-state index is -0.464. The second-order valence-electron chi connectivity index (χ2n) is 5.45. The SMILES string of the molecule is COC(=O)c1cc(C(=O)c2ccccc2)n2ccn3cccc3c12. The average Bonchev–Trinajstić information content (AvgIpc) is 3.25. The summed E-state index contributed by atoms with van der Waals surface area (Å²) >= 11 is 0. The molecule has 0 N–H and O–H groups in total. The number of carbonyl (C=O) groups is 2. The molecule has 0 aliphatic heterocycles. The minimum Gasteiger partial charge on any atom is -0.465 e. The lowest BCUT2D eigenvalue weighted by molar-refractivity contribution is 0.0603. The van der Waals surface area contributed by atoms with Gasteiger partial charge in [0.2, 0.25) is 5.78 Å². The van der Waals surface area contributed by atoms with Gasteiger partial charge >= 0.3 is 5.97 Å². The van der Waals surface area contributed by atoms with Gasteiger partial charge in [0.15, 0.2) is 0 Å². The Kier molecular flexibility index (Phi) is 3.20. The first-order valence-electron chi connectivity index (χ1n) is 7.49. The Morgan fingerprint density at radius 1 is 0.958 bits per heavy atom. The van der Waals surface area contributed by atoms with E-state index < -0.39 is 5.97 Å². The van der Waals surface area contributed by atoms with E-state index in [1.54, 1.807) is 28.8 Å². The molecule has 5 nitrogen and oxygen atoms in total. The van der Waals surface area contributed by atoms with Crippen molar-refractivity contribution in [3.63, 3.8) is 0 Å². The van der Waals surface area contributed by atoms with Gasteiger partial charge in [0.1, 0.15) is 0 Å². The molecule has 0 bridgehead atoms. The summed E-state index contributed by atoms with van der Waals surface area (Å²) in [5, 5.41) is 0. The highest BCUT2D eigenvalue weighted by Gasteiger charge is 2.22. The first-order chi connectivity index (χ1) is 11.7. The zero-order valence-electron chi connectivity index (χ0n) is 13.0. The van der Waals surface area contributed by atoms with Gasteiger partial charge in [0.05, 0.1) is 29.4 Å². The summed E-state index contributed by atoms with van der Waals surface area (Å²) in [6.45, 7) is 0. The van der Waals surface area contributed by atoms with Crippen LogP contribution in [0.15, 0.2) is 67.1 Å². The number of benzene rings is 1. The third-order valence-electron chi connectivity index (χ3n) is 4.11. The number of nitrogens with zero attached hydrogens (tertiary/aromatic N) is 2. The Labute approximate surface area is 137 Å². The Balaban J connectivity index is 2.03. The predicted molar refractivity (Wildman–Crippen MR) is 89.6 cm³/mol. The van der Waals surface area contributed by atoms with Gasteiger partial charge in [-0.1, -0.05) is 30.3 Å². The fourth-order valence-corrected chi connectivity index (χ4v) is 2.98. The molecule has 24 heavy (non-hydrogen) atoms. The van der Waals surface area contributed by atoms with Gasteiger partial charge in [0.25, 0.3) is 0 Å². The molecule has 0 saturated heterocycles. The molecule has 0 aliphatic carbocycles. The van der Waals surface area contributed by atoms with Gasteiger partial charge in [0, 0.05) is 24.2 Å². The molecule has 5 heteroatoms. The van der Waals surface area contributed by atoms with Crippen molar-refractivity contribution in [3.05, 3.63) is 83.9 Å². The number of carbonyl (C=O) groups excluding carboxylic acids is 2. The van der Waals surface area contributed by atoms with Crippen LogP contribution in [0, 0.1) is 0 Å². The zero-order chi connectivity index (χ0) is 16.7. The van der Waals surface area contributed by atoms with E-state index >= 15 is 0 Å². The lowest BCUT2D eigenvalue weighted by Crippen LogP contribution is -2.05. The maximum Gasteiger partial charge on any atom is 0.340 e. The van der Waals surface area contributed by atoms with Crippen LogP contribution in [0.5, 0.6) is 0 Å². The highest BCUT2D eigenvalue weighted by Crippen LogP contribution is 2.25. The normalized spacial score (nSPS) is 11.0. The Morgan fingerprint density at radius 3 is 2.50 bits per heavy atom. The Hall–Kier alpha value is -3.34. The van der Waals surface area contributed by atoms with Gasteiger partial charge in [-0.25, -0.2) is 4.79 Å². The number of methoxy groups -OCH3 is 1. The number of aromatic nitrogens is 2. The van der Waals surface area contributed by atoms with Crippen molar-refractivity contribution < 1.29 is 14.3 Å². The molecule has 0 amide bonds. The van der Waals surface area contributed by atoms with Gasteiger partial charge in [-0.3, -0.25) is 4.79 Å². The molecule has 3 aromatic heterocycles. The predicted octanol–water partition coefficient (Wildman–Crippen LogP) is 3.21. The lowest BCUT2D eigenvalue weighted by Gasteiger charge is -2.05. The molecule has 118 valence electrons. The monoisotopic (exact) mass is 318 g/mol. The topological polar surface area (TPSA) is 52.2 Å². The summed E-state index contributed by atoms with van der Waals surface area (Å²) in [6, 6.07) is 14.4. The van der Waals surface area contributed by atoms with E-state index in [9.17, 15) is 9.59 Å². The summed E-state index contributed by atoms with van der Waals surface area (Å²) in [5.74, 6) is -0.606. The summed E-state index contributed by atoms with van der Waals surface area (Å²) in [6.07, 6.45) is 5.53. The van der Waals surface area contributed by atoms with E-state index in [1.807, 2.05) is 47.1 Å². The van der Waals surface area contributed by atoms with Crippen LogP contribution in [0.1, 0.15) is 26.4 Å². The number of esters is 1. The highest BCUT2D eigenvalue weighted by molar-refractivity contribution is 6.12. The van der Waals surface area contributed by atoms with Gasteiger partial charge < -0.3 is 13.5 Å². The van der Waals surface area contributed by atoms with Crippen LogP contribution in [0.2, 0.25) is 0 Å². The summed E-state index contributed by atoms with van der Waals surface area (Å²) < 4.78 is 8.54. The first kappa shape index (κ1) is 14.3. The Bertz CT molecular complexity index is 1070. The van der Waals surface area contributed by atoms with Crippen molar-refractivity contribution in [1.29, 1.82) is 0 Å². The van der Waals surface area contributed by atoms with Gasteiger partial charge in [-0.05, 0) is 18.2 Å². The fourth-order valence-electron chi connectivity index (χ4n) is 2.98. The van der Waals surface area contributed by atoms with E-state index in [4.69, 9.17) is 4.74 Å². The van der Waals surface area contributed by atoms with Crippen LogP contribution in [0.25, 0.3) is 11.0 Å². The molecule has 3 heterocycles. The smallest absolute Gasteiger partial charge is 0.340 e. The highest BCUT2D eigenvalue weighted by atomic mass is 16.5. The molecule has 4 aromatic rings. The second-order valence-corrected chi connectivity index (χ2v) is 5.45. The third-order valence-corrected chi connectivity index (χ3v) is 4.11. The van der Waals surface area contributed by atoms with E-state index in [0.717, 1.165) is 5.52 Å². The number of ether oxygens (including phenoxy) is 1. The molecule has 0 radical (unpaired) electrons. The van der Waals surface area contributed by atoms with Gasteiger partial charge in [-0.15, -0.1) is 0 Å². The van der Waals surface area contributed by atoms with Crippen LogP contribution in [0.4, 0.5) is 0 Å². The number of ketones is 1. The average molecular weight is 318 g/mol. The van der Waals surface area contributed by atoms with E-state index in [-0.39, 0.29) is 5.78 Å². The number of fused-ring (bicyclic) bond motifs is 3. The van der Waals surface area contributed by atoms with Crippen molar-refractivity contribution >= 4 is 22.8 Å². The molecule has 0 unspecified atom stereocenters. The number of hydrogen-bond acceptors (Lipinski definition) is 3. The second kappa shape index (κ2) is 5.38. The van der Waals surface area contributed by atoms with Crippen LogP contribution in [-0.2, 0) is 4.74 Å². The standard InChI is InChI=1S/C19H14N2O3/c1-24-19(23)14-12-16(18(22)13-6-3-2-4-7-13)21-11-10-20-9-5-8-15(20)17(14)21/h2-12H,1H3. The molecular weight excluding hydrogens is 304 g/mol. The summed E-state index contributed by atoms with van der Waals surface area (Å²) in [5.41, 5.74) is 2.88. The summed E-state index contributed by atoms with van der Waals surface area (Å²) in [7, 11) is 1.34. The quantitative estimate of drug-likeness (QED) is 0.430. The largest absolute Gasteiger partial charge is 0.465 e. The zero-order valence-corrected chi connectivity index (χ0v) is 13.0. The third kappa shape index (κ3) is 2.02. The van der Waals surface area contributed by atoms with Crippen LogP contribution in [0.3, 0.4) is 0 Å². The van der Waals surface area contributed by atoms with Crippen LogP contribution in [-0.4, -0.2) is 27.7 Å². The molecule has 0 saturated carbocycles. The molecular formula is C19H14N2O3. The van der Waals surface area contributed by atoms with E-state index in [1.165, 1.54) is 7.11 Å². The van der Waals surface area contributed by atoms with E-state index in [2.05, 4.69) is 0 Å². The first-order valence-corrected chi connectivity index (χ1v) is 7.49. The maximum absolute atomic E-state index is 12.9. The molecule has 0 spiro atoms. The van der Waals surface area contributed by atoms with Crippen LogP contribution < -0.4 is 0 Å². The Morgan fingerprint density at radius 2 is 1.75 bits per heavy atom. The molecule has 1 aromatic carbocycles. The van der Waals surface area contributed by atoms with E-state index in [0.29, 0.717) is 22.3 Å². The molecule has 0 atom stereocenters. The number of rotatable bonds is 3. The van der Waals surface area contributed by atoms with Crippen molar-refractivity contribution in [3.8, 4) is 0 Å². The van der Waals surface area contributed by atoms with Crippen LogP contribution >= 0.6 is 0 Å². The fraction of sp³-hybridized carbons (Fsp3) is 0.0526. The summed E-state index contributed by atoms with van der Waals surface area (Å²) in [4.78, 5) is 25.1. The maximum atomic E-state index is 12.9. The van der Waals surface area contributed by atoms with Gasteiger partial charge in [-0.2, -0.15) is 0 Å². The lowest BCUT2D eigenvalue weighted by atomic mass is 10.1. The molecule has 4 rings (SSSR count).